The summed E-state index contributed by atoms with van der Waals surface area (Å²) in [5.41, 5.74) is 0.0310. The Bertz CT molecular complexity index is 1410. The lowest BCUT2D eigenvalue weighted by molar-refractivity contribution is 0.0556. The molecule has 4 rings (SSSR count). The molecule has 0 aliphatic heterocycles. The standard InChI is InChI=1S/C23H16ClFN2O5/c1-31-22(29)17-18(23(30)32-2)20(21(28)26-13-7-8-16(25)15(24)11-13)27-10-9-12-5-3-4-6-14(12)19(17)27/h3-11H,1-2H3,(H,26,28). The van der Waals surface area contributed by atoms with Crippen molar-refractivity contribution >= 4 is 51.4 Å². The van der Waals surface area contributed by atoms with Gasteiger partial charge in [0.2, 0.25) is 0 Å². The minimum atomic E-state index is -0.888. The van der Waals surface area contributed by atoms with Crippen LogP contribution in [0.3, 0.4) is 0 Å². The fourth-order valence-corrected chi connectivity index (χ4v) is 3.79. The van der Waals surface area contributed by atoms with Crippen LogP contribution in [0.2, 0.25) is 5.02 Å². The Balaban J connectivity index is 2.03. The van der Waals surface area contributed by atoms with Gasteiger partial charge in [-0.1, -0.05) is 35.9 Å². The Labute approximate surface area is 186 Å². The van der Waals surface area contributed by atoms with Gasteiger partial charge < -0.3 is 19.2 Å². The molecule has 0 atom stereocenters. The molecule has 162 valence electrons. The maximum Gasteiger partial charge on any atom is 0.341 e. The first-order valence-corrected chi connectivity index (χ1v) is 9.74. The molecule has 0 saturated carbocycles. The van der Waals surface area contributed by atoms with E-state index in [9.17, 15) is 18.8 Å². The van der Waals surface area contributed by atoms with Crippen LogP contribution in [-0.2, 0) is 9.47 Å². The van der Waals surface area contributed by atoms with Crippen molar-refractivity contribution in [3.63, 3.8) is 0 Å². The minimum absolute atomic E-state index is 0.0987. The molecule has 0 radical (unpaired) electrons. The summed E-state index contributed by atoms with van der Waals surface area (Å²) in [7, 11) is 2.32. The molecular formula is C23H16ClFN2O5. The molecule has 0 bridgehead atoms. The second kappa shape index (κ2) is 8.32. The number of halogens is 2. The quantitative estimate of drug-likeness (QED) is 0.451. The zero-order valence-corrected chi connectivity index (χ0v) is 17.7. The van der Waals surface area contributed by atoms with Gasteiger partial charge in [-0.25, -0.2) is 14.0 Å². The third kappa shape index (κ3) is 3.44. The van der Waals surface area contributed by atoms with E-state index in [2.05, 4.69) is 5.32 Å². The van der Waals surface area contributed by atoms with Crippen LogP contribution < -0.4 is 5.32 Å². The molecule has 1 N–H and O–H groups in total. The van der Waals surface area contributed by atoms with Crippen LogP contribution in [-0.4, -0.2) is 36.5 Å². The van der Waals surface area contributed by atoms with Crippen LogP contribution in [0.15, 0.2) is 54.7 Å². The zero-order chi connectivity index (χ0) is 23.0. The van der Waals surface area contributed by atoms with Crippen molar-refractivity contribution in [2.45, 2.75) is 0 Å². The van der Waals surface area contributed by atoms with Gasteiger partial charge >= 0.3 is 11.9 Å². The summed E-state index contributed by atoms with van der Waals surface area (Å²) in [6, 6.07) is 12.6. The number of nitrogens with zero attached hydrogens (tertiary/aromatic N) is 1. The summed E-state index contributed by atoms with van der Waals surface area (Å²) >= 11 is 5.81. The number of benzene rings is 2. The lowest BCUT2D eigenvalue weighted by Crippen LogP contribution is -2.19. The summed E-state index contributed by atoms with van der Waals surface area (Å²) in [6.07, 6.45) is 1.57. The van der Waals surface area contributed by atoms with Crippen LogP contribution in [0.25, 0.3) is 16.3 Å². The van der Waals surface area contributed by atoms with E-state index in [0.29, 0.717) is 10.9 Å². The first kappa shape index (κ1) is 21.3. The second-order valence-electron chi connectivity index (χ2n) is 6.79. The zero-order valence-electron chi connectivity index (χ0n) is 16.9. The Kier molecular flexibility index (Phi) is 5.54. The number of nitrogens with one attached hydrogen (secondary N) is 1. The molecule has 1 amide bonds. The summed E-state index contributed by atoms with van der Waals surface area (Å²) in [5.74, 6) is -3.07. The van der Waals surface area contributed by atoms with E-state index in [-0.39, 0.29) is 27.5 Å². The van der Waals surface area contributed by atoms with E-state index in [4.69, 9.17) is 21.1 Å². The molecule has 0 unspecified atom stereocenters. The SMILES string of the molecule is COC(=O)c1c(C(=O)OC)c2c3ccccc3ccn2c1C(=O)Nc1ccc(F)c(Cl)c1. The maximum atomic E-state index is 13.5. The number of aromatic nitrogens is 1. The van der Waals surface area contributed by atoms with E-state index in [1.165, 1.54) is 23.6 Å². The van der Waals surface area contributed by atoms with Crippen molar-refractivity contribution in [2.24, 2.45) is 0 Å². The van der Waals surface area contributed by atoms with Gasteiger partial charge in [-0.3, -0.25) is 4.79 Å². The predicted octanol–water partition coefficient (Wildman–Crippen LogP) is 4.71. The number of anilines is 1. The number of pyridine rings is 1. The molecule has 0 aliphatic rings. The number of amides is 1. The van der Waals surface area contributed by atoms with Crippen molar-refractivity contribution in [3.8, 4) is 0 Å². The Hall–Kier alpha value is -3.91. The number of ether oxygens (including phenoxy) is 2. The van der Waals surface area contributed by atoms with Crippen LogP contribution in [0.4, 0.5) is 10.1 Å². The number of carbonyl (C=O) groups excluding carboxylic acids is 3. The van der Waals surface area contributed by atoms with E-state index in [1.54, 1.807) is 24.4 Å². The fourth-order valence-electron chi connectivity index (χ4n) is 3.60. The molecule has 9 heteroatoms. The van der Waals surface area contributed by atoms with Crippen molar-refractivity contribution in [3.05, 3.63) is 82.4 Å². The summed E-state index contributed by atoms with van der Waals surface area (Å²) in [5, 5.41) is 3.82. The number of methoxy groups -OCH3 is 2. The summed E-state index contributed by atoms with van der Waals surface area (Å²) < 4.78 is 24.7. The van der Waals surface area contributed by atoms with Crippen LogP contribution in [0, 0.1) is 5.82 Å². The normalized spacial score (nSPS) is 10.9. The van der Waals surface area contributed by atoms with Crippen molar-refractivity contribution < 1.29 is 28.2 Å². The molecule has 0 saturated heterocycles. The molecule has 0 spiro atoms. The lowest BCUT2D eigenvalue weighted by atomic mass is 10.1. The average molecular weight is 455 g/mol. The highest BCUT2D eigenvalue weighted by Crippen LogP contribution is 2.32. The van der Waals surface area contributed by atoms with E-state index < -0.39 is 23.7 Å². The molecule has 0 fully saturated rings. The monoisotopic (exact) mass is 454 g/mol. The smallest absolute Gasteiger partial charge is 0.341 e. The van der Waals surface area contributed by atoms with Crippen molar-refractivity contribution in [1.82, 2.24) is 4.40 Å². The first-order chi connectivity index (χ1) is 15.4. The predicted molar refractivity (Wildman–Crippen MR) is 117 cm³/mol. The molecule has 4 aromatic rings. The Morgan fingerprint density at radius 2 is 1.66 bits per heavy atom. The van der Waals surface area contributed by atoms with E-state index >= 15 is 0 Å². The summed E-state index contributed by atoms with van der Waals surface area (Å²) in [6.45, 7) is 0. The van der Waals surface area contributed by atoms with Crippen LogP contribution in [0.5, 0.6) is 0 Å². The summed E-state index contributed by atoms with van der Waals surface area (Å²) in [4.78, 5) is 38.8. The van der Waals surface area contributed by atoms with Gasteiger partial charge in [-0.15, -0.1) is 0 Å². The highest BCUT2D eigenvalue weighted by atomic mass is 35.5. The lowest BCUT2D eigenvalue weighted by Gasteiger charge is -2.09. The largest absolute Gasteiger partial charge is 0.465 e. The number of esters is 2. The number of hydrogen-bond acceptors (Lipinski definition) is 5. The second-order valence-corrected chi connectivity index (χ2v) is 7.19. The van der Waals surface area contributed by atoms with Gasteiger partial charge in [0.1, 0.15) is 22.6 Å². The average Bonchev–Trinajstić information content (AvgIpc) is 3.16. The van der Waals surface area contributed by atoms with Crippen molar-refractivity contribution in [1.29, 1.82) is 0 Å². The van der Waals surface area contributed by atoms with Gasteiger partial charge in [0.05, 0.1) is 24.8 Å². The fraction of sp³-hybridized carbons (Fsp3) is 0.0870. The van der Waals surface area contributed by atoms with Gasteiger partial charge in [-0.05, 0) is 29.7 Å². The van der Waals surface area contributed by atoms with E-state index in [0.717, 1.165) is 18.6 Å². The molecule has 2 aromatic heterocycles. The van der Waals surface area contributed by atoms with E-state index in [1.807, 2.05) is 12.1 Å². The number of carbonyl (C=O) groups is 3. The first-order valence-electron chi connectivity index (χ1n) is 9.36. The minimum Gasteiger partial charge on any atom is -0.465 e. The molecule has 32 heavy (non-hydrogen) atoms. The molecule has 0 aliphatic carbocycles. The van der Waals surface area contributed by atoms with Gasteiger partial charge in [0, 0.05) is 17.3 Å². The number of hydrogen-bond donors (Lipinski definition) is 1. The third-order valence-electron chi connectivity index (χ3n) is 5.00. The van der Waals surface area contributed by atoms with Gasteiger partial charge in [0.25, 0.3) is 5.91 Å². The highest BCUT2D eigenvalue weighted by Gasteiger charge is 2.33. The number of fused-ring (bicyclic) bond motifs is 3. The van der Waals surface area contributed by atoms with Crippen molar-refractivity contribution in [2.75, 3.05) is 19.5 Å². The van der Waals surface area contributed by atoms with Gasteiger partial charge in [-0.2, -0.15) is 0 Å². The topological polar surface area (TPSA) is 86.1 Å². The van der Waals surface area contributed by atoms with Gasteiger partial charge in [0.15, 0.2) is 0 Å². The molecular weight excluding hydrogens is 439 g/mol. The third-order valence-corrected chi connectivity index (χ3v) is 5.29. The highest BCUT2D eigenvalue weighted by molar-refractivity contribution is 6.31. The Morgan fingerprint density at radius 1 is 0.969 bits per heavy atom. The van der Waals surface area contributed by atoms with Crippen LogP contribution >= 0.6 is 11.6 Å². The molecule has 2 aromatic carbocycles. The molecule has 7 nitrogen and oxygen atoms in total. The maximum absolute atomic E-state index is 13.5. The molecule has 2 heterocycles. The van der Waals surface area contributed by atoms with Crippen LogP contribution in [0.1, 0.15) is 31.2 Å². The number of rotatable bonds is 4. The Morgan fingerprint density at radius 3 is 2.34 bits per heavy atom.